The highest BCUT2D eigenvalue weighted by Crippen LogP contribution is 2.20. The third-order valence-electron chi connectivity index (χ3n) is 1.90. The molecule has 0 heterocycles. The monoisotopic (exact) mass is 221 g/mol. The Labute approximate surface area is 88.9 Å². The van der Waals surface area contributed by atoms with Gasteiger partial charge in [0.2, 0.25) is 0 Å². The van der Waals surface area contributed by atoms with E-state index in [1.54, 1.807) is 11.8 Å². The number of carbonyl (C=O) groups is 1. The molecule has 0 spiro atoms. The molecule has 0 aliphatic rings. The minimum absolute atomic E-state index is 0.179. The Hall–Kier alpha value is -0.260. The molecular weight excluding hydrogens is 202 g/mol. The van der Waals surface area contributed by atoms with Gasteiger partial charge in [-0.25, -0.2) is 0 Å². The van der Waals surface area contributed by atoms with Crippen LogP contribution in [0.25, 0.3) is 0 Å². The topological polar surface area (TPSA) is 83.6 Å². The smallest absolute Gasteiger partial charge is 0.323 e. The van der Waals surface area contributed by atoms with Crippen LogP contribution < -0.4 is 5.73 Å². The summed E-state index contributed by atoms with van der Waals surface area (Å²) in [5, 5.41) is 17.6. The van der Waals surface area contributed by atoms with Crippen LogP contribution in [0.15, 0.2) is 0 Å². The van der Waals surface area contributed by atoms with E-state index in [2.05, 4.69) is 0 Å². The molecule has 0 saturated heterocycles. The van der Waals surface area contributed by atoms with Crippen LogP contribution in [0.2, 0.25) is 0 Å². The lowest BCUT2D eigenvalue weighted by molar-refractivity contribution is -0.142. The second-order valence-electron chi connectivity index (χ2n) is 3.69. The summed E-state index contributed by atoms with van der Waals surface area (Å²) in [6, 6.07) is 0. The van der Waals surface area contributed by atoms with Gasteiger partial charge in [-0.3, -0.25) is 4.79 Å². The maximum atomic E-state index is 10.7. The molecule has 0 aromatic heterocycles. The third kappa shape index (κ3) is 5.47. The van der Waals surface area contributed by atoms with Gasteiger partial charge < -0.3 is 15.9 Å². The third-order valence-corrected chi connectivity index (χ3v) is 3.16. The highest BCUT2D eigenvalue weighted by molar-refractivity contribution is 7.99. The van der Waals surface area contributed by atoms with Crippen molar-refractivity contribution in [1.29, 1.82) is 0 Å². The van der Waals surface area contributed by atoms with Crippen LogP contribution in [0.1, 0.15) is 26.7 Å². The summed E-state index contributed by atoms with van der Waals surface area (Å²) in [6.45, 7) is 3.66. The molecular formula is C9H19NO3S. The van der Waals surface area contributed by atoms with Crippen molar-refractivity contribution < 1.29 is 15.0 Å². The summed E-state index contributed by atoms with van der Waals surface area (Å²) < 4.78 is 0. The summed E-state index contributed by atoms with van der Waals surface area (Å²) in [7, 11) is 0. The van der Waals surface area contributed by atoms with Crippen molar-refractivity contribution in [2.45, 2.75) is 37.5 Å². The van der Waals surface area contributed by atoms with Gasteiger partial charge in [-0.05, 0) is 25.5 Å². The fourth-order valence-electron chi connectivity index (χ4n) is 1.09. The quantitative estimate of drug-likeness (QED) is 0.551. The molecule has 0 saturated carbocycles. The standard InChI is InChI=1S/C9H19NO3S/c1-7(14-5-3-4-11)6-9(2,10)8(12)13/h7,11H,3-6,10H2,1-2H3,(H,12,13). The number of aliphatic hydroxyl groups excluding tert-OH is 1. The molecule has 0 bridgehead atoms. The van der Waals surface area contributed by atoms with Crippen molar-refractivity contribution in [3.8, 4) is 0 Å². The first-order chi connectivity index (χ1) is 6.40. The van der Waals surface area contributed by atoms with Crippen molar-refractivity contribution in [2.24, 2.45) is 5.73 Å². The Balaban J connectivity index is 3.81. The van der Waals surface area contributed by atoms with Gasteiger partial charge in [0.05, 0.1) is 0 Å². The molecule has 0 aromatic rings. The number of carboxylic acid groups (broad SMARTS) is 1. The number of aliphatic hydroxyl groups is 1. The van der Waals surface area contributed by atoms with E-state index in [9.17, 15) is 4.79 Å². The van der Waals surface area contributed by atoms with E-state index in [0.29, 0.717) is 6.42 Å². The molecule has 0 fully saturated rings. The van der Waals surface area contributed by atoms with Gasteiger partial charge >= 0.3 is 5.97 Å². The summed E-state index contributed by atoms with van der Waals surface area (Å²) in [4.78, 5) is 10.7. The van der Waals surface area contributed by atoms with Crippen LogP contribution in [-0.2, 0) is 4.79 Å². The molecule has 4 nitrogen and oxygen atoms in total. The lowest BCUT2D eigenvalue weighted by Gasteiger charge is -2.22. The Kier molecular flexibility index (Phi) is 6.15. The molecule has 0 aromatic carbocycles. The molecule has 0 aliphatic heterocycles. The van der Waals surface area contributed by atoms with Crippen molar-refractivity contribution in [1.82, 2.24) is 0 Å². The van der Waals surface area contributed by atoms with Gasteiger partial charge in [0, 0.05) is 11.9 Å². The van der Waals surface area contributed by atoms with Gasteiger partial charge in [-0.1, -0.05) is 6.92 Å². The predicted molar refractivity (Wildman–Crippen MR) is 58.5 cm³/mol. The van der Waals surface area contributed by atoms with Gasteiger partial charge in [-0.15, -0.1) is 0 Å². The van der Waals surface area contributed by atoms with E-state index in [0.717, 1.165) is 12.2 Å². The van der Waals surface area contributed by atoms with Crippen molar-refractivity contribution in [3.05, 3.63) is 0 Å². The van der Waals surface area contributed by atoms with Gasteiger partial charge in [0.1, 0.15) is 5.54 Å². The number of nitrogens with two attached hydrogens (primary N) is 1. The molecule has 5 heteroatoms. The average molecular weight is 221 g/mol. The number of hydrogen-bond acceptors (Lipinski definition) is 4. The molecule has 0 rings (SSSR count). The first-order valence-corrected chi connectivity index (χ1v) is 5.69. The maximum Gasteiger partial charge on any atom is 0.323 e. The van der Waals surface area contributed by atoms with Crippen molar-refractivity contribution >= 4 is 17.7 Å². The molecule has 0 radical (unpaired) electrons. The Morgan fingerprint density at radius 3 is 2.64 bits per heavy atom. The molecule has 2 unspecified atom stereocenters. The SMILES string of the molecule is CC(CC(C)(N)C(=O)O)SCCCO. The highest BCUT2D eigenvalue weighted by atomic mass is 32.2. The Bertz CT molecular complexity index is 185. The van der Waals surface area contributed by atoms with Crippen LogP contribution in [0.4, 0.5) is 0 Å². The zero-order valence-electron chi connectivity index (χ0n) is 8.69. The zero-order valence-corrected chi connectivity index (χ0v) is 9.51. The molecule has 0 amide bonds. The normalized spacial score (nSPS) is 17.4. The lowest BCUT2D eigenvalue weighted by atomic mass is 9.98. The molecule has 14 heavy (non-hydrogen) atoms. The molecule has 84 valence electrons. The summed E-state index contributed by atoms with van der Waals surface area (Å²) in [6.07, 6.45) is 1.18. The second kappa shape index (κ2) is 6.27. The Morgan fingerprint density at radius 2 is 2.21 bits per heavy atom. The maximum absolute atomic E-state index is 10.7. The molecule has 4 N–H and O–H groups in total. The minimum atomic E-state index is -1.15. The van der Waals surface area contributed by atoms with Crippen LogP contribution in [0.5, 0.6) is 0 Å². The predicted octanol–water partition coefficient (Wildman–Crippen LogP) is 0.683. The van der Waals surface area contributed by atoms with Gasteiger partial charge in [0.15, 0.2) is 0 Å². The highest BCUT2D eigenvalue weighted by Gasteiger charge is 2.29. The number of rotatable bonds is 7. The van der Waals surface area contributed by atoms with Gasteiger partial charge in [0.25, 0.3) is 0 Å². The summed E-state index contributed by atoms with van der Waals surface area (Å²) in [5.41, 5.74) is 4.46. The first kappa shape index (κ1) is 13.7. The minimum Gasteiger partial charge on any atom is -0.480 e. The second-order valence-corrected chi connectivity index (χ2v) is 5.23. The number of hydrogen-bond donors (Lipinski definition) is 3. The van der Waals surface area contributed by atoms with Crippen LogP contribution >= 0.6 is 11.8 Å². The summed E-state index contributed by atoms with van der Waals surface area (Å²) in [5.74, 6) is -0.125. The van der Waals surface area contributed by atoms with Gasteiger partial charge in [-0.2, -0.15) is 11.8 Å². The fourth-order valence-corrected chi connectivity index (χ4v) is 2.25. The van der Waals surface area contributed by atoms with Crippen LogP contribution in [0.3, 0.4) is 0 Å². The van der Waals surface area contributed by atoms with E-state index < -0.39 is 11.5 Å². The average Bonchev–Trinajstić information content (AvgIpc) is 2.03. The summed E-state index contributed by atoms with van der Waals surface area (Å²) >= 11 is 1.64. The lowest BCUT2D eigenvalue weighted by Crippen LogP contribution is -2.46. The Morgan fingerprint density at radius 1 is 1.64 bits per heavy atom. The van der Waals surface area contributed by atoms with E-state index in [1.807, 2.05) is 6.92 Å². The fraction of sp³-hybridized carbons (Fsp3) is 0.889. The van der Waals surface area contributed by atoms with Crippen molar-refractivity contribution in [3.63, 3.8) is 0 Å². The molecule has 2 atom stereocenters. The number of aliphatic carboxylic acids is 1. The van der Waals surface area contributed by atoms with Crippen LogP contribution in [-0.4, -0.2) is 39.3 Å². The molecule has 0 aliphatic carbocycles. The van der Waals surface area contributed by atoms with E-state index in [-0.39, 0.29) is 11.9 Å². The largest absolute Gasteiger partial charge is 0.480 e. The zero-order chi connectivity index (χ0) is 11.2. The first-order valence-electron chi connectivity index (χ1n) is 4.65. The van der Waals surface area contributed by atoms with E-state index in [1.165, 1.54) is 6.92 Å². The van der Waals surface area contributed by atoms with E-state index in [4.69, 9.17) is 15.9 Å². The van der Waals surface area contributed by atoms with Crippen LogP contribution in [0, 0.1) is 0 Å². The van der Waals surface area contributed by atoms with Crippen molar-refractivity contribution in [2.75, 3.05) is 12.4 Å². The van der Waals surface area contributed by atoms with E-state index >= 15 is 0 Å². The number of carboxylic acids is 1. The number of thioether (sulfide) groups is 1.